The lowest BCUT2D eigenvalue weighted by molar-refractivity contribution is 0.0784. The van der Waals surface area contributed by atoms with Gasteiger partial charge in [0.2, 0.25) is 10.0 Å². The van der Waals surface area contributed by atoms with Gasteiger partial charge in [0.15, 0.2) is 0 Å². The lowest BCUT2D eigenvalue weighted by Gasteiger charge is -2.36. The van der Waals surface area contributed by atoms with Crippen LogP contribution in [0.2, 0.25) is 0 Å². The first-order valence-electron chi connectivity index (χ1n) is 8.61. The summed E-state index contributed by atoms with van der Waals surface area (Å²) in [4.78, 5) is 1.05. The van der Waals surface area contributed by atoms with Gasteiger partial charge in [-0.25, -0.2) is 21.9 Å². The molecule has 1 fully saturated rings. The van der Waals surface area contributed by atoms with Gasteiger partial charge >= 0.3 is 0 Å². The van der Waals surface area contributed by atoms with Crippen molar-refractivity contribution in [2.75, 3.05) is 19.8 Å². The SMILES string of the molecule is O=S(=O)(Cc1cc(F)ccc1F)NCC1(Sc2ccccc2)CCOCC1. The predicted octanol–water partition coefficient (Wildman–Crippen LogP) is 3.73. The highest BCUT2D eigenvalue weighted by atomic mass is 32.2. The van der Waals surface area contributed by atoms with Crippen molar-refractivity contribution in [2.24, 2.45) is 0 Å². The molecule has 0 radical (unpaired) electrons. The molecular formula is C19H21F2NO3S2. The van der Waals surface area contributed by atoms with E-state index in [1.807, 2.05) is 30.3 Å². The summed E-state index contributed by atoms with van der Waals surface area (Å²) in [6, 6.07) is 12.6. The second-order valence-electron chi connectivity index (χ2n) is 6.53. The molecule has 4 nitrogen and oxygen atoms in total. The van der Waals surface area contributed by atoms with Gasteiger partial charge in [-0.3, -0.25) is 0 Å². The summed E-state index contributed by atoms with van der Waals surface area (Å²) in [5.41, 5.74) is -0.181. The molecule has 0 aliphatic carbocycles. The Morgan fingerprint density at radius 3 is 2.48 bits per heavy atom. The first kappa shape index (κ1) is 20.3. The Morgan fingerprint density at radius 2 is 1.78 bits per heavy atom. The van der Waals surface area contributed by atoms with Gasteiger partial charge < -0.3 is 4.74 Å². The molecule has 2 aromatic rings. The van der Waals surface area contributed by atoms with Gasteiger partial charge in [-0.1, -0.05) is 18.2 Å². The van der Waals surface area contributed by atoms with Crippen molar-refractivity contribution in [3.63, 3.8) is 0 Å². The molecule has 0 atom stereocenters. The molecule has 1 aliphatic rings. The van der Waals surface area contributed by atoms with Crippen LogP contribution in [0.3, 0.4) is 0 Å². The third kappa shape index (κ3) is 5.75. The minimum atomic E-state index is -3.81. The van der Waals surface area contributed by atoms with Crippen LogP contribution in [0.5, 0.6) is 0 Å². The number of hydrogen-bond acceptors (Lipinski definition) is 4. The van der Waals surface area contributed by atoms with Crippen molar-refractivity contribution in [3.8, 4) is 0 Å². The topological polar surface area (TPSA) is 55.4 Å². The number of sulfonamides is 1. The van der Waals surface area contributed by atoms with Crippen molar-refractivity contribution >= 4 is 21.8 Å². The van der Waals surface area contributed by atoms with E-state index in [1.165, 1.54) is 0 Å². The maximum absolute atomic E-state index is 13.8. The fourth-order valence-corrected chi connectivity index (χ4v) is 5.58. The fraction of sp³-hybridized carbons (Fsp3) is 0.368. The van der Waals surface area contributed by atoms with Crippen LogP contribution in [0.4, 0.5) is 8.78 Å². The van der Waals surface area contributed by atoms with E-state index in [2.05, 4.69) is 4.72 Å². The normalized spacial score (nSPS) is 17.0. The van der Waals surface area contributed by atoms with Crippen molar-refractivity contribution in [1.82, 2.24) is 4.72 Å². The quantitative estimate of drug-likeness (QED) is 0.752. The largest absolute Gasteiger partial charge is 0.381 e. The summed E-state index contributed by atoms with van der Waals surface area (Å²) in [5, 5.41) is 0. The van der Waals surface area contributed by atoms with E-state index in [0.717, 1.165) is 23.1 Å². The number of hydrogen-bond donors (Lipinski definition) is 1. The zero-order valence-corrected chi connectivity index (χ0v) is 16.3. The summed E-state index contributed by atoms with van der Waals surface area (Å²) in [5.74, 6) is -2.00. The van der Waals surface area contributed by atoms with E-state index in [0.29, 0.717) is 26.1 Å². The number of benzene rings is 2. The Bertz CT molecular complexity index is 870. The van der Waals surface area contributed by atoms with Gasteiger partial charge in [0.1, 0.15) is 11.6 Å². The molecule has 1 heterocycles. The zero-order chi connectivity index (χ0) is 19.3. The summed E-state index contributed by atoms with van der Waals surface area (Å²) in [6.45, 7) is 1.31. The number of rotatable bonds is 7. The lowest BCUT2D eigenvalue weighted by atomic mass is 9.99. The van der Waals surface area contributed by atoms with Crippen LogP contribution in [0.25, 0.3) is 0 Å². The summed E-state index contributed by atoms with van der Waals surface area (Å²) in [7, 11) is -3.81. The van der Waals surface area contributed by atoms with Crippen LogP contribution in [-0.2, 0) is 20.5 Å². The van der Waals surface area contributed by atoms with Crippen LogP contribution in [0.15, 0.2) is 53.4 Å². The summed E-state index contributed by atoms with van der Waals surface area (Å²) < 4.78 is 59.7. The molecule has 0 spiro atoms. The van der Waals surface area contributed by atoms with Gasteiger partial charge in [-0.2, -0.15) is 0 Å². The smallest absolute Gasteiger partial charge is 0.215 e. The zero-order valence-electron chi connectivity index (χ0n) is 14.7. The third-order valence-electron chi connectivity index (χ3n) is 4.45. The maximum Gasteiger partial charge on any atom is 0.215 e. The molecule has 0 unspecified atom stereocenters. The van der Waals surface area contributed by atoms with Crippen molar-refractivity contribution in [2.45, 2.75) is 28.2 Å². The van der Waals surface area contributed by atoms with E-state index in [9.17, 15) is 17.2 Å². The highest BCUT2D eigenvalue weighted by Gasteiger charge is 2.35. The predicted molar refractivity (Wildman–Crippen MR) is 102 cm³/mol. The van der Waals surface area contributed by atoms with Gasteiger partial charge in [0.25, 0.3) is 0 Å². The van der Waals surface area contributed by atoms with Gasteiger partial charge in [-0.05, 0) is 43.2 Å². The van der Waals surface area contributed by atoms with Gasteiger partial charge in [0, 0.05) is 35.0 Å². The van der Waals surface area contributed by atoms with E-state index >= 15 is 0 Å². The maximum atomic E-state index is 13.8. The van der Waals surface area contributed by atoms with Crippen molar-refractivity contribution in [3.05, 3.63) is 65.7 Å². The molecule has 27 heavy (non-hydrogen) atoms. The second-order valence-corrected chi connectivity index (χ2v) is 9.87. The van der Waals surface area contributed by atoms with Gasteiger partial charge in [0.05, 0.1) is 5.75 Å². The molecular weight excluding hydrogens is 392 g/mol. The Morgan fingerprint density at radius 1 is 1.07 bits per heavy atom. The first-order chi connectivity index (χ1) is 12.9. The molecule has 0 bridgehead atoms. The average Bonchev–Trinajstić information content (AvgIpc) is 2.65. The average molecular weight is 414 g/mol. The van der Waals surface area contributed by atoms with E-state index in [-0.39, 0.29) is 16.9 Å². The highest BCUT2D eigenvalue weighted by Crippen LogP contribution is 2.40. The fourth-order valence-electron chi connectivity index (χ4n) is 2.95. The van der Waals surface area contributed by atoms with E-state index in [4.69, 9.17) is 4.74 Å². The summed E-state index contributed by atoms with van der Waals surface area (Å²) in [6.07, 6.45) is 1.40. The third-order valence-corrected chi connectivity index (χ3v) is 7.22. The number of thioether (sulfide) groups is 1. The molecule has 0 aromatic heterocycles. The molecule has 0 saturated carbocycles. The van der Waals surface area contributed by atoms with Crippen molar-refractivity contribution < 1.29 is 21.9 Å². The Kier molecular flexibility index (Phi) is 6.52. The molecule has 146 valence electrons. The molecule has 0 amide bonds. The number of nitrogens with one attached hydrogen (secondary N) is 1. The molecule has 1 N–H and O–H groups in total. The number of ether oxygens (including phenoxy) is 1. The Balaban J connectivity index is 1.71. The Labute approximate surface area is 162 Å². The number of halogens is 2. The van der Waals surface area contributed by atoms with E-state index < -0.39 is 27.4 Å². The summed E-state index contributed by atoms with van der Waals surface area (Å²) >= 11 is 1.62. The van der Waals surface area contributed by atoms with Crippen LogP contribution < -0.4 is 4.72 Å². The molecule has 1 aliphatic heterocycles. The molecule has 2 aromatic carbocycles. The monoisotopic (exact) mass is 413 g/mol. The minimum absolute atomic E-state index is 0.181. The highest BCUT2D eigenvalue weighted by molar-refractivity contribution is 8.00. The molecule has 1 saturated heterocycles. The molecule has 8 heteroatoms. The standard InChI is InChI=1S/C19H21F2NO3S2/c20-16-6-7-18(21)15(12-16)13-27(23,24)22-14-19(8-10-25-11-9-19)26-17-4-2-1-3-5-17/h1-7,12,22H,8-11,13-14H2. The second kappa shape index (κ2) is 8.68. The first-order valence-corrected chi connectivity index (χ1v) is 11.1. The van der Waals surface area contributed by atoms with Crippen molar-refractivity contribution in [1.29, 1.82) is 0 Å². The lowest BCUT2D eigenvalue weighted by Crippen LogP contribution is -2.44. The minimum Gasteiger partial charge on any atom is -0.381 e. The van der Waals surface area contributed by atoms with Crippen LogP contribution in [-0.4, -0.2) is 32.9 Å². The van der Waals surface area contributed by atoms with Crippen LogP contribution in [0.1, 0.15) is 18.4 Å². The molecule has 3 rings (SSSR count). The van der Waals surface area contributed by atoms with Crippen LogP contribution in [0, 0.1) is 11.6 Å². The van der Waals surface area contributed by atoms with Gasteiger partial charge in [-0.15, -0.1) is 11.8 Å². The van der Waals surface area contributed by atoms with E-state index in [1.54, 1.807) is 11.8 Å². The van der Waals surface area contributed by atoms with Crippen LogP contribution >= 0.6 is 11.8 Å². The Hall–Kier alpha value is -1.48.